The zero-order valence-electron chi connectivity index (χ0n) is 10.6. The Balaban J connectivity index is 2.41. The van der Waals surface area contributed by atoms with Gasteiger partial charge in [-0.2, -0.15) is 13.2 Å². The van der Waals surface area contributed by atoms with Gasteiger partial charge < -0.3 is 11.1 Å². The van der Waals surface area contributed by atoms with Gasteiger partial charge in [-0.25, -0.2) is 0 Å². The number of nitrogens with one attached hydrogen (secondary N) is 1. The number of carbonyl (C=O) groups is 1. The zero-order chi connectivity index (χ0) is 13.8. The molecule has 3 nitrogen and oxygen atoms in total. The lowest BCUT2D eigenvalue weighted by atomic mass is 9.85. The van der Waals surface area contributed by atoms with Crippen LogP contribution in [0.15, 0.2) is 0 Å². The summed E-state index contributed by atoms with van der Waals surface area (Å²) >= 11 is 0. The van der Waals surface area contributed by atoms with Crippen molar-refractivity contribution >= 4 is 5.91 Å². The van der Waals surface area contributed by atoms with E-state index in [1.165, 1.54) is 0 Å². The molecule has 1 fully saturated rings. The number of hydrogen-bond donors (Lipinski definition) is 2. The summed E-state index contributed by atoms with van der Waals surface area (Å²) in [6, 6.07) is -0.575. The van der Waals surface area contributed by atoms with Crippen molar-refractivity contribution in [2.24, 2.45) is 11.7 Å². The molecular weight excluding hydrogens is 245 g/mol. The molecule has 0 bridgehead atoms. The van der Waals surface area contributed by atoms with E-state index in [2.05, 4.69) is 5.32 Å². The molecule has 0 aromatic rings. The first-order valence-electron chi connectivity index (χ1n) is 6.44. The van der Waals surface area contributed by atoms with Gasteiger partial charge in [-0.05, 0) is 25.7 Å². The molecule has 1 amide bonds. The average molecular weight is 266 g/mol. The first kappa shape index (κ1) is 15.3. The normalized spacial score (nSPS) is 26.7. The second-order valence-electron chi connectivity index (χ2n) is 5.04. The maximum Gasteiger partial charge on any atom is 0.391 e. The Morgan fingerprint density at radius 3 is 2.67 bits per heavy atom. The van der Waals surface area contributed by atoms with Crippen molar-refractivity contribution in [3.05, 3.63) is 0 Å². The summed E-state index contributed by atoms with van der Waals surface area (Å²) in [6.07, 6.45) is -1.98. The van der Waals surface area contributed by atoms with Crippen LogP contribution in [0.3, 0.4) is 0 Å². The van der Waals surface area contributed by atoms with Gasteiger partial charge in [0.05, 0.1) is 5.92 Å². The minimum Gasteiger partial charge on any atom is -0.353 e. The molecule has 18 heavy (non-hydrogen) atoms. The second kappa shape index (κ2) is 6.41. The van der Waals surface area contributed by atoms with E-state index in [0.29, 0.717) is 19.3 Å². The van der Waals surface area contributed by atoms with E-state index in [4.69, 9.17) is 5.73 Å². The first-order valence-corrected chi connectivity index (χ1v) is 6.44. The molecule has 1 aliphatic carbocycles. The Hall–Kier alpha value is -0.780. The van der Waals surface area contributed by atoms with E-state index < -0.39 is 12.1 Å². The van der Waals surface area contributed by atoms with E-state index in [9.17, 15) is 18.0 Å². The number of alkyl halides is 3. The van der Waals surface area contributed by atoms with E-state index in [0.717, 1.165) is 0 Å². The van der Waals surface area contributed by atoms with Gasteiger partial charge in [-0.15, -0.1) is 0 Å². The number of nitrogens with two attached hydrogens (primary N) is 1. The van der Waals surface area contributed by atoms with E-state index >= 15 is 0 Å². The molecule has 0 aliphatic heterocycles. The van der Waals surface area contributed by atoms with Gasteiger partial charge in [0.25, 0.3) is 0 Å². The predicted octanol–water partition coefficient (Wildman–Crippen LogP) is 2.35. The van der Waals surface area contributed by atoms with Crippen LogP contribution >= 0.6 is 0 Å². The fourth-order valence-corrected chi connectivity index (χ4v) is 2.29. The zero-order valence-corrected chi connectivity index (χ0v) is 10.6. The minimum atomic E-state index is -4.15. The van der Waals surface area contributed by atoms with Gasteiger partial charge in [-0.1, -0.05) is 13.3 Å². The Morgan fingerprint density at radius 2 is 2.11 bits per heavy atom. The third kappa shape index (κ3) is 4.84. The van der Waals surface area contributed by atoms with Gasteiger partial charge in [0.2, 0.25) is 5.91 Å². The molecule has 0 heterocycles. The molecule has 106 valence electrons. The molecule has 1 saturated carbocycles. The highest BCUT2D eigenvalue weighted by Gasteiger charge is 2.42. The van der Waals surface area contributed by atoms with E-state index in [1.54, 1.807) is 0 Å². The van der Waals surface area contributed by atoms with Crippen LogP contribution in [0.4, 0.5) is 13.2 Å². The second-order valence-corrected chi connectivity index (χ2v) is 5.04. The maximum absolute atomic E-state index is 12.6. The van der Waals surface area contributed by atoms with Crippen LogP contribution in [0.5, 0.6) is 0 Å². The number of rotatable bonds is 4. The summed E-state index contributed by atoms with van der Waals surface area (Å²) in [7, 11) is 0. The molecule has 1 aliphatic rings. The molecule has 1 rings (SSSR count). The summed E-state index contributed by atoms with van der Waals surface area (Å²) in [5.41, 5.74) is 5.63. The van der Waals surface area contributed by atoms with Crippen molar-refractivity contribution in [3.63, 3.8) is 0 Å². The molecule has 0 saturated heterocycles. The van der Waals surface area contributed by atoms with Crippen LogP contribution in [-0.4, -0.2) is 24.2 Å². The van der Waals surface area contributed by atoms with E-state index in [1.807, 2.05) is 6.92 Å². The average Bonchev–Trinajstić information content (AvgIpc) is 2.27. The van der Waals surface area contributed by atoms with Crippen molar-refractivity contribution in [3.8, 4) is 0 Å². The molecule has 0 radical (unpaired) electrons. The Bertz CT molecular complexity index is 281. The molecule has 0 spiro atoms. The lowest BCUT2D eigenvalue weighted by Crippen LogP contribution is -2.43. The molecule has 0 aromatic carbocycles. The highest BCUT2D eigenvalue weighted by atomic mass is 19.4. The van der Waals surface area contributed by atoms with Crippen molar-refractivity contribution in [1.82, 2.24) is 5.32 Å². The van der Waals surface area contributed by atoms with Gasteiger partial charge in [0.1, 0.15) is 0 Å². The highest BCUT2D eigenvalue weighted by Crippen LogP contribution is 2.37. The third-order valence-corrected chi connectivity index (χ3v) is 3.47. The quantitative estimate of drug-likeness (QED) is 0.820. The molecule has 3 atom stereocenters. The summed E-state index contributed by atoms with van der Waals surface area (Å²) in [5.74, 6) is -1.52. The molecule has 3 unspecified atom stereocenters. The Morgan fingerprint density at radius 1 is 1.44 bits per heavy atom. The van der Waals surface area contributed by atoms with Gasteiger partial charge in [-0.3, -0.25) is 4.79 Å². The third-order valence-electron chi connectivity index (χ3n) is 3.47. The first-order chi connectivity index (χ1) is 8.32. The predicted molar refractivity (Wildman–Crippen MR) is 62.8 cm³/mol. The van der Waals surface area contributed by atoms with Crippen LogP contribution in [0.25, 0.3) is 0 Å². The van der Waals surface area contributed by atoms with Crippen molar-refractivity contribution in [2.45, 2.75) is 63.7 Å². The van der Waals surface area contributed by atoms with Crippen molar-refractivity contribution in [2.75, 3.05) is 0 Å². The van der Waals surface area contributed by atoms with Crippen molar-refractivity contribution in [1.29, 1.82) is 0 Å². The van der Waals surface area contributed by atoms with Crippen LogP contribution in [-0.2, 0) is 4.79 Å². The van der Waals surface area contributed by atoms with Crippen molar-refractivity contribution < 1.29 is 18.0 Å². The maximum atomic E-state index is 12.6. The van der Waals surface area contributed by atoms with Crippen LogP contribution in [0.1, 0.15) is 45.4 Å². The molecular formula is C12H21F3N2O. The fraction of sp³-hybridized carbons (Fsp3) is 0.917. The van der Waals surface area contributed by atoms with Crippen LogP contribution < -0.4 is 11.1 Å². The summed E-state index contributed by atoms with van der Waals surface area (Å²) in [5, 5.41) is 2.67. The smallest absolute Gasteiger partial charge is 0.353 e. The molecule has 0 aromatic heterocycles. The topological polar surface area (TPSA) is 55.1 Å². The fourth-order valence-electron chi connectivity index (χ4n) is 2.29. The number of carbonyl (C=O) groups excluding carboxylic acids is 1. The lowest BCUT2D eigenvalue weighted by Gasteiger charge is -2.31. The number of halogens is 3. The van der Waals surface area contributed by atoms with Gasteiger partial charge in [0, 0.05) is 18.5 Å². The molecule has 6 heteroatoms. The van der Waals surface area contributed by atoms with Crippen LogP contribution in [0, 0.1) is 5.92 Å². The number of amides is 1. The largest absolute Gasteiger partial charge is 0.391 e. The van der Waals surface area contributed by atoms with E-state index in [-0.39, 0.29) is 37.3 Å². The standard InChI is InChI=1S/C12H21F3N2O/c1-2-9(16)7-11(18)17-10-5-3-4-8(6-10)12(13,14)15/h8-10H,2-7,16H2,1H3,(H,17,18). The molecule has 3 N–H and O–H groups in total. The minimum absolute atomic E-state index is 0.00337. The lowest BCUT2D eigenvalue weighted by molar-refractivity contribution is -0.184. The van der Waals surface area contributed by atoms with Gasteiger partial charge in [0.15, 0.2) is 0 Å². The van der Waals surface area contributed by atoms with Crippen LogP contribution in [0.2, 0.25) is 0 Å². The monoisotopic (exact) mass is 266 g/mol. The SMILES string of the molecule is CCC(N)CC(=O)NC1CCCC(C(F)(F)F)C1. The Labute approximate surface area is 105 Å². The summed E-state index contributed by atoms with van der Waals surface area (Å²) < 4.78 is 37.8. The Kier molecular flexibility index (Phi) is 5.44. The number of hydrogen-bond acceptors (Lipinski definition) is 2. The highest BCUT2D eigenvalue weighted by molar-refractivity contribution is 5.76. The summed E-state index contributed by atoms with van der Waals surface area (Å²) in [4.78, 5) is 11.6. The van der Waals surface area contributed by atoms with Gasteiger partial charge >= 0.3 is 6.18 Å². The summed E-state index contributed by atoms with van der Waals surface area (Å²) in [6.45, 7) is 1.87.